The molecule has 2 heterocycles. The predicted octanol–water partition coefficient (Wildman–Crippen LogP) is 2.61. The maximum absolute atomic E-state index is 13.2. The Kier molecular flexibility index (Phi) is 4.74. The Hall–Kier alpha value is -3.60. The van der Waals surface area contributed by atoms with Gasteiger partial charge in [0, 0.05) is 43.5 Å². The van der Waals surface area contributed by atoms with Gasteiger partial charge in [0.2, 0.25) is 5.91 Å². The van der Waals surface area contributed by atoms with Gasteiger partial charge >= 0.3 is 0 Å². The monoisotopic (exact) mass is 417 g/mol. The number of benzene rings is 2. The standard InChI is InChI=1S/C23H23N5O3/c24-13-15-3-1-2-4-20(15)26-9-10-27-21-8-7-18(28(30)31)11-16(21)12-19(22(27)14-26)23(29)25-17-5-6-17/h1-4,7-8,11,17,19,22H,5-6,9-10,12,14H2,(H,25,29)/t19-,22-/m0/s1. The van der Waals surface area contributed by atoms with Crippen LogP contribution in [0.5, 0.6) is 0 Å². The number of nitrogens with one attached hydrogen (secondary N) is 1. The predicted molar refractivity (Wildman–Crippen MR) is 116 cm³/mol. The second-order valence-corrected chi connectivity index (χ2v) is 8.50. The minimum atomic E-state index is -0.387. The van der Waals surface area contributed by atoms with Crippen LogP contribution < -0.4 is 15.1 Å². The fourth-order valence-electron chi connectivity index (χ4n) is 4.82. The van der Waals surface area contributed by atoms with Crippen molar-refractivity contribution in [2.75, 3.05) is 29.4 Å². The van der Waals surface area contributed by atoms with E-state index in [1.165, 1.54) is 6.07 Å². The Bertz CT molecular complexity index is 1090. The molecule has 1 N–H and O–H groups in total. The van der Waals surface area contributed by atoms with Crippen LogP contribution >= 0.6 is 0 Å². The molecule has 8 heteroatoms. The number of fused-ring (bicyclic) bond motifs is 3. The van der Waals surface area contributed by atoms with Gasteiger partial charge < -0.3 is 15.1 Å². The lowest BCUT2D eigenvalue weighted by atomic mass is 9.83. The van der Waals surface area contributed by atoms with Crippen LogP contribution in [-0.2, 0) is 11.2 Å². The molecule has 0 radical (unpaired) electrons. The van der Waals surface area contributed by atoms with E-state index in [-0.39, 0.29) is 34.5 Å². The molecular weight excluding hydrogens is 394 g/mol. The van der Waals surface area contributed by atoms with Crippen LogP contribution in [0.3, 0.4) is 0 Å². The Balaban J connectivity index is 1.49. The van der Waals surface area contributed by atoms with Gasteiger partial charge in [0.15, 0.2) is 0 Å². The molecule has 5 rings (SSSR count). The van der Waals surface area contributed by atoms with Gasteiger partial charge in [0.05, 0.1) is 28.1 Å². The third kappa shape index (κ3) is 3.56. The molecule has 158 valence electrons. The molecule has 0 spiro atoms. The van der Waals surface area contributed by atoms with Gasteiger partial charge in [0.1, 0.15) is 6.07 Å². The van der Waals surface area contributed by atoms with Gasteiger partial charge in [-0.05, 0) is 43.0 Å². The second-order valence-electron chi connectivity index (χ2n) is 8.50. The summed E-state index contributed by atoms with van der Waals surface area (Å²) in [5.74, 6) is -0.280. The Morgan fingerprint density at radius 3 is 2.71 bits per heavy atom. The topological polar surface area (TPSA) is 103 Å². The molecule has 0 unspecified atom stereocenters. The Morgan fingerprint density at radius 1 is 1.16 bits per heavy atom. The van der Waals surface area contributed by atoms with Crippen LogP contribution in [0.25, 0.3) is 0 Å². The van der Waals surface area contributed by atoms with Crippen LogP contribution in [0.15, 0.2) is 42.5 Å². The average Bonchev–Trinajstić information content (AvgIpc) is 3.61. The second kappa shape index (κ2) is 7.58. The zero-order chi connectivity index (χ0) is 21.5. The number of hydrogen-bond donors (Lipinski definition) is 1. The number of non-ortho nitro benzene ring substituents is 1. The number of rotatable bonds is 4. The van der Waals surface area contributed by atoms with Gasteiger partial charge in [0.25, 0.3) is 5.69 Å². The van der Waals surface area contributed by atoms with Crippen LogP contribution in [0.2, 0.25) is 0 Å². The summed E-state index contributed by atoms with van der Waals surface area (Å²) in [5.41, 5.74) is 3.40. The van der Waals surface area contributed by atoms with Crippen molar-refractivity contribution < 1.29 is 9.72 Å². The number of hydrogen-bond acceptors (Lipinski definition) is 6. The Morgan fingerprint density at radius 2 is 1.97 bits per heavy atom. The molecule has 2 aliphatic heterocycles. The number of nitro benzene ring substituents is 1. The van der Waals surface area contributed by atoms with Gasteiger partial charge in [-0.25, -0.2) is 0 Å². The van der Waals surface area contributed by atoms with Crippen molar-refractivity contribution in [2.24, 2.45) is 5.92 Å². The third-order valence-electron chi connectivity index (χ3n) is 6.53. The van der Waals surface area contributed by atoms with Crippen LogP contribution in [-0.4, -0.2) is 42.5 Å². The minimum Gasteiger partial charge on any atom is -0.367 e. The van der Waals surface area contributed by atoms with Crippen molar-refractivity contribution >= 4 is 23.0 Å². The molecule has 1 amide bonds. The summed E-state index contributed by atoms with van der Waals surface area (Å²) in [7, 11) is 0. The summed E-state index contributed by atoms with van der Waals surface area (Å²) in [6.07, 6.45) is 2.50. The number of piperazine rings is 1. The number of para-hydroxylation sites is 1. The summed E-state index contributed by atoms with van der Waals surface area (Å²) in [5, 5.41) is 23.9. The van der Waals surface area contributed by atoms with E-state index in [9.17, 15) is 20.2 Å². The first-order valence-corrected chi connectivity index (χ1v) is 10.6. The van der Waals surface area contributed by atoms with Crippen molar-refractivity contribution in [3.63, 3.8) is 0 Å². The van der Waals surface area contributed by atoms with Gasteiger partial charge in [-0.3, -0.25) is 14.9 Å². The first-order chi connectivity index (χ1) is 15.0. The number of nitriles is 1. The van der Waals surface area contributed by atoms with Crippen molar-refractivity contribution in [3.8, 4) is 6.07 Å². The summed E-state index contributed by atoms with van der Waals surface area (Å²) in [4.78, 5) is 28.5. The molecule has 2 aromatic carbocycles. The molecule has 0 aromatic heterocycles. The zero-order valence-corrected chi connectivity index (χ0v) is 17.0. The van der Waals surface area contributed by atoms with Crippen molar-refractivity contribution in [1.29, 1.82) is 5.26 Å². The normalized spacial score (nSPS) is 22.2. The van der Waals surface area contributed by atoms with Crippen LogP contribution in [0, 0.1) is 27.4 Å². The molecule has 0 bridgehead atoms. The first-order valence-electron chi connectivity index (χ1n) is 10.6. The molecule has 2 aromatic rings. The van der Waals surface area contributed by atoms with Crippen LogP contribution in [0.4, 0.5) is 17.1 Å². The van der Waals surface area contributed by atoms with Crippen molar-refractivity contribution in [2.45, 2.75) is 31.3 Å². The van der Waals surface area contributed by atoms with E-state index in [0.29, 0.717) is 31.6 Å². The zero-order valence-electron chi connectivity index (χ0n) is 17.0. The number of carbonyl (C=O) groups excluding carboxylic acids is 1. The highest BCUT2D eigenvalue weighted by Gasteiger charge is 2.43. The minimum absolute atomic E-state index is 0.0186. The lowest BCUT2D eigenvalue weighted by molar-refractivity contribution is -0.384. The maximum atomic E-state index is 13.2. The summed E-state index contributed by atoms with van der Waals surface area (Å²) in [6.45, 7) is 2.02. The lowest BCUT2D eigenvalue weighted by Gasteiger charge is -2.49. The molecule has 1 saturated carbocycles. The van der Waals surface area contributed by atoms with Crippen LogP contribution in [0.1, 0.15) is 24.0 Å². The summed E-state index contributed by atoms with van der Waals surface area (Å²) in [6, 6.07) is 15.0. The van der Waals surface area contributed by atoms with E-state index in [0.717, 1.165) is 29.8 Å². The number of anilines is 2. The maximum Gasteiger partial charge on any atom is 0.269 e. The average molecular weight is 417 g/mol. The van der Waals surface area contributed by atoms with Gasteiger partial charge in [-0.15, -0.1) is 0 Å². The number of amides is 1. The van der Waals surface area contributed by atoms with E-state index in [4.69, 9.17) is 0 Å². The molecule has 2 fully saturated rings. The first kappa shape index (κ1) is 19.4. The molecule has 31 heavy (non-hydrogen) atoms. The van der Waals surface area contributed by atoms with E-state index < -0.39 is 0 Å². The summed E-state index contributed by atoms with van der Waals surface area (Å²) < 4.78 is 0. The number of carbonyl (C=O) groups is 1. The molecule has 1 aliphatic carbocycles. The molecular formula is C23H23N5O3. The van der Waals surface area contributed by atoms with E-state index in [2.05, 4.69) is 21.2 Å². The quantitative estimate of drug-likeness (QED) is 0.606. The fraction of sp³-hybridized carbons (Fsp3) is 0.391. The van der Waals surface area contributed by atoms with Crippen molar-refractivity contribution in [3.05, 3.63) is 63.7 Å². The highest BCUT2D eigenvalue weighted by atomic mass is 16.6. The van der Waals surface area contributed by atoms with Crippen molar-refractivity contribution in [1.82, 2.24) is 5.32 Å². The van der Waals surface area contributed by atoms with Gasteiger partial charge in [-0.1, -0.05) is 12.1 Å². The third-order valence-corrected chi connectivity index (χ3v) is 6.53. The molecule has 2 atom stereocenters. The molecule has 1 saturated heterocycles. The van der Waals surface area contributed by atoms with E-state index >= 15 is 0 Å². The number of nitrogens with zero attached hydrogens (tertiary/aromatic N) is 4. The summed E-state index contributed by atoms with van der Waals surface area (Å²) >= 11 is 0. The highest BCUT2D eigenvalue weighted by molar-refractivity contribution is 5.83. The molecule has 3 aliphatic rings. The smallest absolute Gasteiger partial charge is 0.269 e. The molecule has 8 nitrogen and oxygen atoms in total. The fourth-order valence-corrected chi connectivity index (χ4v) is 4.82. The largest absolute Gasteiger partial charge is 0.367 e. The SMILES string of the molecule is N#Cc1ccccc1N1CCN2c3ccc([N+](=O)[O-])cc3C[C@H](C(=O)NC3CC3)[C@@H]2C1. The number of nitro groups is 1. The van der Waals surface area contributed by atoms with Gasteiger partial charge in [-0.2, -0.15) is 5.26 Å². The highest BCUT2D eigenvalue weighted by Crippen LogP contribution is 2.39. The Labute approximate surface area is 180 Å². The van der Waals surface area contributed by atoms with E-state index in [1.807, 2.05) is 30.3 Å². The lowest BCUT2D eigenvalue weighted by Crippen LogP contribution is -2.61. The van der Waals surface area contributed by atoms with E-state index in [1.54, 1.807) is 6.07 Å².